The molecule has 0 spiro atoms. The fourth-order valence-corrected chi connectivity index (χ4v) is 3.33. The van der Waals surface area contributed by atoms with Crippen LogP contribution in [0.3, 0.4) is 0 Å². The molecule has 0 heterocycles. The van der Waals surface area contributed by atoms with Gasteiger partial charge in [0, 0.05) is 0 Å². The van der Waals surface area contributed by atoms with Crippen molar-refractivity contribution >= 4 is 21.9 Å². The van der Waals surface area contributed by atoms with Crippen LogP contribution in [0.1, 0.15) is 25.3 Å². The van der Waals surface area contributed by atoms with E-state index in [1.54, 1.807) is 19.1 Å². The van der Waals surface area contributed by atoms with Crippen molar-refractivity contribution in [3.63, 3.8) is 0 Å². The van der Waals surface area contributed by atoms with Gasteiger partial charge in [0.25, 0.3) is 5.91 Å². The predicted molar refractivity (Wildman–Crippen MR) is 92.2 cm³/mol. The number of nitrogens with zero attached hydrogens (tertiary/aromatic N) is 1. The lowest BCUT2D eigenvalue weighted by molar-refractivity contribution is -0.147. The molecule has 1 amide bonds. The fourth-order valence-electron chi connectivity index (χ4n) is 2.36. The molecule has 2 rings (SSSR count). The van der Waals surface area contributed by atoms with Gasteiger partial charge in [0.05, 0.1) is 11.0 Å². The molecule has 0 unspecified atom stereocenters. The summed E-state index contributed by atoms with van der Waals surface area (Å²) in [5.41, 5.74) is -0.0683. The average molecular weight is 379 g/mol. The van der Waals surface area contributed by atoms with Gasteiger partial charge in [-0.2, -0.15) is 9.98 Å². The van der Waals surface area contributed by atoms with Crippen LogP contribution in [-0.4, -0.2) is 39.0 Å². The number of rotatable bonds is 8. The minimum Gasteiger partial charge on any atom is -0.455 e. The van der Waals surface area contributed by atoms with Crippen LogP contribution in [0.25, 0.3) is 0 Å². The molecule has 0 bridgehead atoms. The third kappa shape index (κ3) is 5.28. The molecule has 1 aromatic carbocycles. The zero-order valence-electron chi connectivity index (χ0n) is 14.6. The lowest BCUT2D eigenvalue weighted by Crippen LogP contribution is -2.48. The third-order valence-corrected chi connectivity index (χ3v) is 5.54. The lowest BCUT2D eigenvalue weighted by Gasteiger charge is -2.22. The van der Waals surface area contributed by atoms with Crippen LogP contribution in [0.2, 0.25) is 0 Å². The Labute approximate surface area is 152 Å². The van der Waals surface area contributed by atoms with Crippen LogP contribution in [0, 0.1) is 24.2 Å². The topological polar surface area (TPSA) is 125 Å². The van der Waals surface area contributed by atoms with Crippen LogP contribution < -0.4 is 10.0 Å². The first-order chi connectivity index (χ1) is 12.2. The second kappa shape index (κ2) is 7.85. The highest BCUT2D eigenvalue weighted by Crippen LogP contribution is 2.39. The van der Waals surface area contributed by atoms with E-state index in [1.807, 2.05) is 6.92 Å². The predicted octanol–water partition coefficient (Wildman–Crippen LogP) is 0.625. The van der Waals surface area contributed by atoms with Gasteiger partial charge in [-0.1, -0.05) is 17.7 Å². The molecule has 26 heavy (non-hydrogen) atoms. The largest absolute Gasteiger partial charge is 0.455 e. The smallest absolute Gasteiger partial charge is 0.321 e. The Balaban J connectivity index is 1.79. The quantitative estimate of drug-likeness (QED) is 0.638. The molecule has 1 saturated carbocycles. The maximum Gasteiger partial charge on any atom is 0.321 e. The summed E-state index contributed by atoms with van der Waals surface area (Å²) in [7, 11) is -3.84. The van der Waals surface area contributed by atoms with Crippen molar-refractivity contribution in [1.29, 1.82) is 5.26 Å². The second-order valence-corrected chi connectivity index (χ2v) is 8.20. The van der Waals surface area contributed by atoms with Crippen molar-refractivity contribution in [2.24, 2.45) is 5.92 Å². The van der Waals surface area contributed by atoms with Gasteiger partial charge in [-0.15, -0.1) is 0 Å². The highest BCUT2D eigenvalue weighted by molar-refractivity contribution is 7.89. The molecule has 0 radical (unpaired) electrons. The van der Waals surface area contributed by atoms with Crippen molar-refractivity contribution in [3.8, 4) is 6.07 Å². The van der Waals surface area contributed by atoms with E-state index < -0.39 is 40.6 Å². The molecule has 0 saturated heterocycles. The molecule has 140 valence electrons. The lowest BCUT2D eigenvalue weighted by atomic mass is 9.98. The molecule has 8 nitrogen and oxygen atoms in total. The number of nitriles is 1. The summed E-state index contributed by atoms with van der Waals surface area (Å²) < 4.78 is 31.0. The molecular weight excluding hydrogens is 358 g/mol. The number of ether oxygens (including phenoxy) is 1. The number of sulfonamides is 1. The molecule has 2 N–H and O–H groups in total. The van der Waals surface area contributed by atoms with Crippen LogP contribution in [0.4, 0.5) is 0 Å². The van der Waals surface area contributed by atoms with Crippen molar-refractivity contribution in [3.05, 3.63) is 29.8 Å². The highest BCUT2D eigenvalue weighted by atomic mass is 32.2. The van der Waals surface area contributed by atoms with Crippen LogP contribution >= 0.6 is 0 Å². The van der Waals surface area contributed by atoms with Crippen molar-refractivity contribution in [1.82, 2.24) is 10.0 Å². The number of carbonyl (C=O) groups excluding carboxylic acids is 2. The Kier molecular flexibility index (Phi) is 6.00. The van der Waals surface area contributed by atoms with Crippen molar-refractivity contribution < 1.29 is 22.7 Å². The first-order valence-corrected chi connectivity index (χ1v) is 9.59. The molecule has 1 aliphatic rings. The van der Waals surface area contributed by atoms with E-state index in [0.29, 0.717) is 0 Å². The van der Waals surface area contributed by atoms with E-state index in [0.717, 1.165) is 18.4 Å². The number of carbonyl (C=O) groups is 2. The van der Waals surface area contributed by atoms with Crippen LogP contribution in [-0.2, 0) is 24.3 Å². The molecule has 1 atom stereocenters. The van der Waals surface area contributed by atoms with Crippen LogP contribution in [0.15, 0.2) is 29.2 Å². The number of hydrogen-bond acceptors (Lipinski definition) is 6. The van der Waals surface area contributed by atoms with Gasteiger partial charge in [0.15, 0.2) is 6.61 Å². The first kappa shape index (κ1) is 19.9. The number of benzene rings is 1. The Morgan fingerprint density at radius 2 is 1.92 bits per heavy atom. The Bertz CT molecular complexity index is 825. The van der Waals surface area contributed by atoms with E-state index in [9.17, 15) is 23.3 Å². The molecule has 0 aromatic heterocycles. The van der Waals surface area contributed by atoms with Gasteiger partial charge in [-0.05, 0) is 44.7 Å². The van der Waals surface area contributed by atoms with Gasteiger partial charge in [-0.25, -0.2) is 8.42 Å². The second-order valence-electron chi connectivity index (χ2n) is 6.43. The zero-order valence-corrected chi connectivity index (χ0v) is 15.4. The maximum atomic E-state index is 12.1. The van der Waals surface area contributed by atoms with Crippen molar-refractivity contribution in [2.75, 3.05) is 13.2 Å². The number of nitrogens with one attached hydrogen (secondary N) is 2. The summed E-state index contributed by atoms with van der Waals surface area (Å²) in [4.78, 5) is 23.5. The average Bonchev–Trinajstić information content (AvgIpc) is 3.44. The summed E-state index contributed by atoms with van der Waals surface area (Å²) in [6.07, 6.45) is 1.73. The fraction of sp³-hybridized carbons (Fsp3) is 0.471. The molecular formula is C17H21N3O5S. The standard InChI is InChI=1S/C17H21N3O5S/c1-12-3-7-14(8-4-12)26(23,24)19-9-16(22)25-10-15(21)20-17(2,11-18)13-5-6-13/h3-4,7-8,13,19H,5-6,9-10H2,1-2H3,(H,20,21)/t17-/m1/s1. The van der Waals surface area contributed by atoms with E-state index in [1.165, 1.54) is 12.1 Å². The Hall–Kier alpha value is -2.44. The van der Waals surface area contributed by atoms with Gasteiger partial charge < -0.3 is 10.1 Å². The highest BCUT2D eigenvalue weighted by Gasteiger charge is 2.43. The Morgan fingerprint density at radius 3 is 2.46 bits per heavy atom. The summed E-state index contributed by atoms with van der Waals surface area (Å²) in [6, 6.07) is 8.20. The summed E-state index contributed by atoms with van der Waals surface area (Å²) in [5, 5.41) is 11.7. The van der Waals surface area contributed by atoms with E-state index in [4.69, 9.17) is 4.74 Å². The molecule has 9 heteroatoms. The third-order valence-electron chi connectivity index (χ3n) is 4.13. The summed E-state index contributed by atoms with van der Waals surface area (Å²) >= 11 is 0. The van der Waals surface area contributed by atoms with Crippen molar-refractivity contribution in [2.45, 2.75) is 37.1 Å². The minimum absolute atomic E-state index is 0.0304. The molecule has 1 aliphatic carbocycles. The molecule has 1 fully saturated rings. The Morgan fingerprint density at radius 1 is 1.31 bits per heavy atom. The van der Waals surface area contributed by atoms with E-state index in [-0.39, 0.29) is 10.8 Å². The van der Waals surface area contributed by atoms with E-state index in [2.05, 4.69) is 16.1 Å². The van der Waals surface area contributed by atoms with E-state index >= 15 is 0 Å². The minimum atomic E-state index is -3.84. The van der Waals surface area contributed by atoms with Crippen LogP contribution in [0.5, 0.6) is 0 Å². The summed E-state index contributed by atoms with van der Waals surface area (Å²) in [5.74, 6) is -1.38. The normalized spacial score (nSPS) is 16.2. The van der Waals surface area contributed by atoms with Gasteiger partial charge in [0.1, 0.15) is 12.1 Å². The molecule has 1 aromatic rings. The maximum absolute atomic E-state index is 12.1. The van der Waals surface area contributed by atoms with Gasteiger partial charge >= 0.3 is 5.97 Å². The number of esters is 1. The molecule has 0 aliphatic heterocycles. The van der Waals surface area contributed by atoms with Gasteiger partial charge in [-0.3, -0.25) is 9.59 Å². The number of amides is 1. The summed E-state index contributed by atoms with van der Waals surface area (Å²) in [6.45, 7) is 2.28. The zero-order chi connectivity index (χ0) is 19.4. The first-order valence-electron chi connectivity index (χ1n) is 8.10. The number of hydrogen-bond donors (Lipinski definition) is 2. The van der Waals surface area contributed by atoms with Gasteiger partial charge in [0.2, 0.25) is 10.0 Å². The number of aryl methyl sites for hydroxylation is 1. The SMILES string of the molecule is Cc1ccc(S(=O)(=O)NCC(=O)OCC(=O)N[C@](C)(C#N)C2CC2)cc1. The monoisotopic (exact) mass is 379 g/mol.